The maximum atomic E-state index is 14.0. The Morgan fingerprint density at radius 2 is 1.79 bits per heavy atom. The van der Waals surface area contributed by atoms with Gasteiger partial charge in [0, 0.05) is 68.6 Å². The summed E-state index contributed by atoms with van der Waals surface area (Å²) in [6.45, 7) is 11.3. The molecule has 2 aromatic heterocycles. The number of ether oxygens (including phenoxy) is 3. The largest absolute Gasteiger partial charge is 0.474 e. The van der Waals surface area contributed by atoms with Crippen molar-refractivity contribution in [3.8, 4) is 17.4 Å². The van der Waals surface area contributed by atoms with Crippen LogP contribution in [0.3, 0.4) is 0 Å². The molecule has 326 valence electrons. The Morgan fingerprint density at radius 3 is 2.56 bits per heavy atom. The fraction of sp³-hybridized carbons (Fsp3) is 0.413. The number of sulfonamides is 1. The highest BCUT2D eigenvalue weighted by molar-refractivity contribution is 7.90. The Morgan fingerprint density at radius 1 is 0.984 bits per heavy atom. The SMILES string of the molecule is CC1(C)CCC(CN2CCN(c3ccc(C(=O)NS(=O)(=O)c4cnc(OC[C@@H]5CN(C6CC6)CCO5)c(Cl)c4)c(Oc4cccc5[nH]cnc45)c3)CC2)=C(c2ccc(Cl)cc2)C1. The molecule has 1 saturated carbocycles. The first-order valence-electron chi connectivity index (χ1n) is 21.3. The molecule has 0 radical (unpaired) electrons. The van der Waals surface area contributed by atoms with Gasteiger partial charge in [0.1, 0.15) is 33.9 Å². The number of piperazine rings is 1. The van der Waals surface area contributed by atoms with Gasteiger partial charge in [-0.15, -0.1) is 0 Å². The zero-order valence-electron chi connectivity index (χ0n) is 34.9. The van der Waals surface area contributed by atoms with Crippen LogP contribution in [0.15, 0.2) is 89.7 Å². The van der Waals surface area contributed by atoms with E-state index in [9.17, 15) is 13.2 Å². The summed E-state index contributed by atoms with van der Waals surface area (Å²) < 4.78 is 47.7. The molecule has 0 unspecified atom stereocenters. The smallest absolute Gasteiger partial charge is 0.268 e. The molecule has 5 aromatic rings. The summed E-state index contributed by atoms with van der Waals surface area (Å²) in [4.78, 5) is 32.5. The zero-order valence-corrected chi connectivity index (χ0v) is 37.2. The van der Waals surface area contributed by atoms with Crippen molar-refractivity contribution in [2.75, 3.05) is 63.9 Å². The lowest BCUT2D eigenvalue weighted by Crippen LogP contribution is -2.47. The Balaban J connectivity index is 0.902. The summed E-state index contributed by atoms with van der Waals surface area (Å²) in [6, 6.07) is 20.7. The van der Waals surface area contributed by atoms with Gasteiger partial charge in [-0.1, -0.05) is 60.8 Å². The van der Waals surface area contributed by atoms with Crippen molar-refractivity contribution in [3.05, 3.63) is 106 Å². The highest BCUT2D eigenvalue weighted by atomic mass is 35.5. The predicted octanol–water partition coefficient (Wildman–Crippen LogP) is 8.20. The first kappa shape index (κ1) is 42.6. The van der Waals surface area contributed by atoms with Crippen molar-refractivity contribution >= 4 is 61.4 Å². The van der Waals surface area contributed by atoms with E-state index in [1.165, 1.54) is 35.6 Å². The number of H-pyrrole nitrogens is 1. The maximum absolute atomic E-state index is 14.0. The number of aromatic amines is 1. The molecule has 0 spiro atoms. The maximum Gasteiger partial charge on any atom is 0.268 e. The lowest BCUT2D eigenvalue weighted by Gasteiger charge is -2.39. The van der Waals surface area contributed by atoms with E-state index in [0.29, 0.717) is 23.9 Å². The number of halogens is 2. The summed E-state index contributed by atoms with van der Waals surface area (Å²) in [5.74, 6) is -0.201. The second-order valence-corrected chi connectivity index (χ2v) is 20.0. The summed E-state index contributed by atoms with van der Waals surface area (Å²) in [5, 5.41) is 0.737. The molecular formula is C46H51Cl2N7O6S. The minimum Gasteiger partial charge on any atom is -0.474 e. The van der Waals surface area contributed by atoms with Crippen LogP contribution in [-0.2, 0) is 14.8 Å². The lowest BCUT2D eigenvalue weighted by molar-refractivity contribution is -0.0510. The standard InChI is InChI=1S/C46H51Cl2N7O6S/c1-46(2)15-14-31(38(24-46)30-6-8-32(47)9-7-30)26-53-16-18-54(19-17-53)34-12-13-37(42(22-34)61-41-5-3-4-40-43(41)51-29-50-40)44(56)52-62(57,58)36-23-39(48)45(49-25-36)60-28-35-27-55(20-21-59-35)33-10-11-33/h3-9,12-13,22-23,25,29,33,35H,10-11,14-21,24,26-28H2,1-2H3,(H,50,51)(H,52,56)/t35-/m0/s1. The number of carbonyl (C=O) groups is 1. The van der Waals surface area contributed by atoms with E-state index in [1.54, 1.807) is 24.5 Å². The Kier molecular flexibility index (Phi) is 12.2. The van der Waals surface area contributed by atoms with Gasteiger partial charge in [0.25, 0.3) is 15.9 Å². The molecule has 3 aromatic carbocycles. The average molecular weight is 901 g/mol. The van der Waals surface area contributed by atoms with Crippen LogP contribution in [0, 0.1) is 5.41 Å². The van der Waals surface area contributed by atoms with Gasteiger partial charge in [-0.3, -0.25) is 14.6 Å². The number of amides is 1. The number of hydrogen-bond donors (Lipinski definition) is 2. The van der Waals surface area contributed by atoms with E-state index < -0.39 is 15.9 Å². The summed E-state index contributed by atoms with van der Waals surface area (Å²) >= 11 is 12.7. The van der Waals surface area contributed by atoms with Crippen LogP contribution in [0.4, 0.5) is 5.69 Å². The number of morpholine rings is 1. The van der Waals surface area contributed by atoms with Gasteiger partial charge in [0.2, 0.25) is 5.88 Å². The summed E-state index contributed by atoms with van der Waals surface area (Å²) in [6.07, 6.45) is 8.20. The fourth-order valence-electron chi connectivity index (χ4n) is 8.70. The van der Waals surface area contributed by atoms with Crippen LogP contribution >= 0.6 is 23.2 Å². The van der Waals surface area contributed by atoms with Crippen molar-refractivity contribution in [2.24, 2.45) is 5.41 Å². The topological polar surface area (TPSA) is 142 Å². The molecule has 16 heteroatoms. The van der Waals surface area contributed by atoms with Gasteiger partial charge in [-0.05, 0) is 91.1 Å². The molecular weight excluding hydrogens is 850 g/mol. The van der Waals surface area contributed by atoms with E-state index in [-0.39, 0.29) is 45.2 Å². The molecule has 13 nitrogen and oxygen atoms in total. The van der Waals surface area contributed by atoms with Gasteiger partial charge >= 0.3 is 0 Å². The van der Waals surface area contributed by atoms with Crippen molar-refractivity contribution in [1.82, 2.24) is 29.5 Å². The van der Waals surface area contributed by atoms with E-state index in [4.69, 9.17) is 37.4 Å². The van der Waals surface area contributed by atoms with Gasteiger partial charge in [0.05, 0.1) is 30.2 Å². The van der Waals surface area contributed by atoms with E-state index in [0.717, 1.165) is 87.5 Å². The number of hydrogen-bond acceptors (Lipinski definition) is 11. The van der Waals surface area contributed by atoms with Gasteiger partial charge in [-0.2, -0.15) is 0 Å². The molecule has 62 heavy (non-hydrogen) atoms. The number of anilines is 1. The molecule has 2 aliphatic heterocycles. The number of nitrogens with one attached hydrogen (secondary N) is 2. The molecule has 2 aliphatic carbocycles. The number of benzene rings is 3. The van der Waals surface area contributed by atoms with E-state index in [2.05, 4.69) is 60.4 Å². The molecule has 4 aliphatic rings. The molecule has 1 amide bonds. The van der Waals surface area contributed by atoms with Crippen LogP contribution in [0.2, 0.25) is 10.0 Å². The molecule has 3 fully saturated rings. The minimum absolute atomic E-state index is 0.00263. The lowest BCUT2D eigenvalue weighted by atomic mass is 9.72. The highest BCUT2D eigenvalue weighted by Gasteiger charge is 2.34. The normalized spacial score (nSPS) is 20.1. The molecule has 1 atom stereocenters. The Bertz CT molecular complexity index is 2590. The van der Waals surface area contributed by atoms with Gasteiger partial charge < -0.3 is 24.1 Å². The molecule has 2 N–H and O–H groups in total. The van der Waals surface area contributed by atoms with Gasteiger partial charge in [0.15, 0.2) is 5.75 Å². The second kappa shape index (κ2) is 17.8. The first-order chi connectivity index (χ1) is 29.9. The molecule has 2 saturated heterocycles. The second-order valence-electron chi connectivity index (χ2n) is 17.5. The number of pyridine rings is 1. The van der Waals surface area contributed by atoms with Crippen LogP contribution in [-0.4, -0.2) is 110 Å². The van der Waals surface area contributed by atoms with Gasteiger partial charge in [-0.25, -0.2) is 23.1 Å². The number of nitrogens with zero attached hydrogens (tertiary/aromatic N) is 5. The number of carbonyl (C=O) groups excluding carboxylic acids is 1. The third-order valence-corrected chi connectivity index (χ3v) is 14.2. The Hall–Kier alpha value is -4.70. The highest BCUT2D eigenvalue weighted by Crippen LogP contribution is 2.43. The van der Waals surface area contributed by atoms with Crippen LogP contribution in [0.25, 0.3) is 16.6 Å². The number of rotatable bonds is 13. The van der Waals surface area contributed by atoms with Crippen LogP contribution in [0.5, 0.6) is 17.4 Å². The van der Waals surface area contributed by atoms with Crippen molar-refractivity contribution in [3.63, 3.8) is 0 Å². The minimum atomic E-state index is -4.42. The molecule has 4 heterocycles. The van der Waals surface area contributed by atoms with Crippen molar-refractivity contribution in [1.29, 1.82) is 0 Å². The number of fused-ring (bicyclic) bond motifs is 1. The van der Waals surface area contributed by atoms with E-state index in [1.807, 2.05) is 30.3 Å². The number of para-hydroxylation sites is 1. The van der Waals surface area contributed by atoms with Crippen molar-refractivity contribution in [2.45, 2.75) is 63.0 Å². The van der Waals surface area contributed by atoms with E-state index >= 15 is 0 Å². The average Bonchev–Trinajstić information content (AvgIpc) is 4.00. The monoisotopic (exact) mass is 899 g/mol. The molecule has 0 bridgehead atoms. The third kappa shape index (κ3) is 9.75. The van der Waals surface area contributed by atoms with Crippen LogP contribution < -0.4 is 19.1 Å². The first-order valence-corrected chi connectivity index (χ1v) is 23.5. The van der Waals surface area contributed by atoms with Crippen LogP contribution in [0.1, 0.15) is 61.9 Å². The summed E-state index contributed by atoms with van der Waals surface area (Å²) in [7, 11) is -4.42. The predicted molar refractivity (Wildman–Crippen MR) is 241 cm³/mol. The summed E-state index contributed by atoms with van der Waals surface area (Å²) in [5.41, 5.74) is 6.59. The number of allylic oxidation sites excluding steroid dienone is 1. The Labute approximate surface area is 372 Å². The number of imidazole rings is 1. The quantitative estimate of drug-likeness (QED) is 0.118. The third-order valence-electron chi connectivity index (χ3n) is 12.3. The zero-order chi connectivity index (χ0) is 43.0. The van der Waals surface area contributed by atoms with Crippen molar-refractivity contribution < 1.29 is 27.4 Å². The molecule has 9 rings (SSSR count). The fourth-order valence-corrected chi connectivity index (χ4v) is 10.0. The number of aromatic nitrogens is 3.